The molecule has 0 bridgehead atoms. The van der Waals surface area contributed by atoms with E-state index in [0.29, 0.717) is 42.2 Å². The molecule has 13 nitrogen and oxygen atoms in total. The van der Waals surface area contributed by atoms with Crippen molar-refractivity contribution in [2.24, 2.45) is 0 Å². The number of unbranched alkanes of at least 4 members (excludes halogenated alkanes) is 1. The van der Waals surface area contributed by atoms with Crippen LogP contribution in [0.2, 0.25) is 0 Å². The molecule has 0 aliphatic carbocycles. The Bertz CT molecular complexity index is 1050. The van der Waals surface area contributed by atoms with E-state index in [0.717, 1.165) is 18.2 Å². The number of carboxylic acid groups (broad SMARTS) is 4. The Labute approximate surface area is 238 Å². The SMILES string of the molecule is COc1cc(OCCCCN2CCN3CCCCC3C2)ccc1C#N.O=C(O)C=CC(=O)O.O=C(O)C=CC(=O)O. The number of fused-ring (bicyclic) bond motifs is 1. The molecular formula is C28H37N3O10. The fourth-order valence-corrected chi connectivity index (χ4v) is 4.19. The van der Waals surface area contributed by atoms with Gasteiger partial charge in [0.1, 0.15) is 17.6 Å². The highest BCUT2D eigenvalue weighted by molar-refractivity contribution is 5.90. The number of hydrogen-bond donors (Lipinski definition) is 4. The van der Waals surface area contributed by atoms with Crippen LogP contribution >= 0.6 is 0 Å². The molecule has 4 N–H and O–H groups in total. The van der Waals surface area contributed by atoms with Crippen LogP contribution in [-0.4, -0.2) is 107 Å². The van der Waals surface area contributed by atoms with E-state index in [1.165, 1.54) is 58.4 Å². The van der Waals surface area contributed by atoms with E-state index in [1.807, 2.05) is 6.07 Å². The normalized spacial score (nSPS) is 16.7. The van der Waals surface area contributed by atoms with E-state index in [4.69, 9.17) is 35.2 Å². The van der Waals surface area contributed by atoms with Gasteiger partial charge in [0, 0.05) is 56.0 Å². The molecule has 0 amide bonds. The third-order valence-electron chi connectivity index (χ3n) is 6.09. The van der Waals surface area contributed by atoms with Gasteiger partial charge in [-0.15, -0.1) is 0 Å². The lowest BCUT2D eigenvalue weighted by Gasteiger charge is -2.44. The lowest BCUT2D eigenvalue weighted by Crippen LogP contribution is -2.54. The van der Waals surface area contributed by atoms with E-state index >= 15 is 0 Å². The minimum Gasteiger partial charge on any atom is -0.495 e. The Hall–Kier alpha value is -4.41. The number of carboxylic acids is 4. The van der Waals surface area contributed by atoms with Crippen molar-refractivity contribution in [2.75, 3.05) is 46.4 Å². The first-order valence-electron chi connectivity index (χ1n) is 13.0. The van der Waals surface area contributed by atoms with Crippen LogP contribution in [0.3, 0.4) is 0 Å². The van der Waals surface area contributed by atoms with Gasteiger partial charge in [0.2, 0.25) is 0 Å². The summed E-state index contributed by atoms with van der Waals surface area (Å²) in [6.07, 6.45) is 8.60. The third-order valence-corrected chi connectivity index (χ3v) is 6.09. The highest BCUT2D eigenvalue weighted by Gasteiger charge is 2.28. The lowest BCUT2D eigenvalue weighted by atomic mass is 9.99. The minimum atomic E-state index is -1.26. The van der Waals surface area contributed by atoms with Crippen molar-refractivity contribution in [1.82, 2.24) is 9.80 Å². The molecule has 0 radical (unpaired) electrons. The number of rotatable bonds is 11. The van der Waals surface area contributed by atoms with Gasteiger partial charge >= 0.3 is 23.9 Å². The molecule has 0 saturated carbocycles. The van der Waals surface area contributed by atoms with Crippen LogP contribution < -0.4 is 9.47 Å². The molecule has 13 heteroatoms. The first-order valence-corrected chi connectivity index (χ1v) is 13.0. The predicted molar refractivity (Wildman–Crippen MR) is 147 cm³/mol. The van der Waals surface area contributed by atoms with Gasteiger partial charge in [0.15, 0.2) is 0 Å². The second kappa shape index (κ2) is 19.6. The number of ether oxygens (including phenoxy) is 2. The fraction of sp³-hybridized carbons (Fsp3) is 0.464. The van der Waals surface area contributed by atoms with Gasteiger partial charge in [-0.2, -0.15) is 5.26 Å². The zero-order valence-electron chi connectivity index (χ0n) is 23.0. The van der Waals surface area contributed by atoms with Crippen molar-refractivity contribution in [2.45, 2.75) is 38.1 Å². The Morgan fingerprint density at radius 2 is 1.54 bits per heavy atom. The summed E-state index contributed by atoms with van der Waals surface area (Å²) in [6.45, 7) is 6.88. The number of carbonyl (C=O) groups is 4. The molecule has 1 unspecified atom stereocenters. The summed E-state index contributed by atoms with van der Waals surface area (Å²) in [5.41, 5.74) is 0.539. The van der Waals surface area contributed by atoms with E-state index in [2.05, 4.69) is 15.9 Å². The highest BCUT2D eigenvalue weighted by atomic mass is 16.5. The summed E-state index contributed by atoms with van der Waals surface area (Å²) in [5.74, 6) is -3.68. The molecule has 41 heavy (non-hydrogen) atoms. The fourth-order valence-electron chi connectivity index (χ4n) is 4.19. The number of nitrogens with zero attached hydrogens (tertiary/aromatic N) is 3. The molecule has 2 aliphatic heterocycles. The van der Waals surface area contributed by atoms with Crippen molar-refractivity contribution < 1.29 is 49.1 Å². The van der Waals surface area contributed by atoms with Gasteiger partial charge < -0.3 is 34.8 Å². The molecular weight excluding hydrogens is 538 g/mol. The molecule has 2 saturated heterocycles. The van der Waals surface area contributed by atoms with Crippen molar-refractivity contribution in [3.63, 3.8) is 0 Å². The van der Waals surface area contributed by atoms with Gasteiger partial charge in [0.25, 0.3) is 0 Å². The van der Waals surface area contributed by atoms with Crippen LogP contribution in [0.5, 0.6) is 11.5 Å². The Morgan fingerprint density at radius 1 is 0.927 bits per heavy atom. The molecule has 1 aromatic rings. The monoisotopic (exact) mass is 575 g/mol. The van der Waals surface area contributed by atoms with Crippen LogP contribution in [0.15, 0.2) is 42.5 Å². The summed E-state index contributed by atoms with van der Waals surface area (Å²) in [4.78, 5) is 43.5. The second-order valence-electron chi connectivity index (χ2n) is 9.04. The molecule has 224 valence electrons. The van der Waals surface area contributed by atoms with Crippen LogP contribution in [0.1, 0.15) is 37.7 Å². The number of piperidine rings is 1. The number of piperazine rings is 1. The van der Waals surface area contributed by atoms with Crippen LogP contribution in [0.4, 0.5) is 0 Å². The van der Waals surface area contributed by atoms with Gasteiger partial charge in [-0.3, -0.25) is 4.90 Å². The second-order valence-corrected chi connectivity index (χ2v) is 9.04. The number of aliphatic carboxylic acids is 4. The summed E-state index contributed by atoms with van der Waals surface area (Å²) < 4.78 is 11.0. The van der Waals surface area contributed by atoms with Crippen LogP contribution in [-0.2, 0) is 19.2 Å². The topological polar surface area (TPSA) is 198 Å². The molecule has 2 fully saturated rings. The van der Waals surface area contributed by atoms with Crippen molar-refractivity contribution in [3.8, 4) is 17.6 Å². The van der Waals surface area contributed by atoms with Crippen LogP contribution in [0, 0.1) is 11.3 Å². The van der Waals surface area contributed by atoms with Crippen LogP contribution in [0.25, 0.3) is 0 Å². The molecule has 0 spiro atoms. The number of methoxy groups -OCH3 is 1. The van der Waals surface area contributed by atoms with E-state index in [9.17, 15) is 19.2 Å². The van der Waals surface area contributed by atoms with Gasteiger partial charge in [-0.25, -0.2) is 19.2 Å². The third kappa shape index (κ3) is 15.7. The molecule has 1 aromatic carbocycles. The Balaban J connectivity index is 0.000000433. The average Bonchev–Trinajstić information content (AvgIpc) is 2.95. The van der Waals surface area contributed by atoms with E-state index < -0.39 is 23.9 Å². The number of benzene rings is 1. The first kappa shape index (κ1) is 34.6. The maximum absolute atomic E-state index is 9.55. The predicted octanol–water partition coefficient (Wildman–Crippen LogP) is 2.32. The van der Waals surface area contributed by atoms with E-state index in [1.54, 1.807) is 19.2 Å². The molecule has 1 atom stereocenters. The van der Waals surface area contributed by atoms with Gasteiger partial charge in [-0.1, -0.05) is 6.42 Å². The Morgan fingerprint density at radius 3 is 2.07 bits per heavy atom. The summed E-state index contributed by atoms with van der Waals surface area (Å²) in [6, 6.07) is 8.29. The van der Waals surface area contributed by atoms with Crippen molar-refractivity contribution in [3.05, 3.63) is 48.1 Å². The van der Waals surface area contributed by atoms with Gasteiger partial charge in [-0.05, 0) is 50.9 Å². The van der Waals surface area contributed by atoms with Crippen molar-refractivity contribution >= 4 is 23.9 Å². The molecule has 0 aromatic heterocycles. The highest BCUT2D eigenvalue weighted by Crippen LogP contribution is 2.24. The smallest absolute Gasteiger partial charge is 0.328 e. The molecule has 2 heterocycles. The Kier molecular flexibility index (Phi) is 16.6. The number of hydrogen-bond acceptors (Lipinski definition) is 9. The largest absolute Gasteiger partial charge is 0.495 e. The number of nitriles is 1. The minimum absolute atomic E-state index is 0.539. The summed E-state index contributed by atoms with van der Waals surface area (Å²) in [5, 5.41) is 40.3. The first-order chi connectivity index (χ1) is 19.5. The zero-order valence-corrected chi connectivity index (χ0v) is 23.0. The lowest BCUT2D eigenvalue weighted by molar-refractivity contribution is -0.134. The standard InChI is InChI=1S/C20H29N3O2.2C4H4O4/c1-24-20-14-19(8-7-17(20)15-21)25-13-5-4-9-22-11-12-23-10-3-2-6-18(23)16-22;2*5-3(6)1-2-4(7)8/h7-8,14,18H,2-6,9-13,16H2,1H3;2*1-2H,(H,5,6)(H,7,8). The van der Waals surface area contributed by atoms with E-state index in [-0.39, 0.29) is 0 Å². The van der Waals surface area contributed by atoms with Gasteiger partial charge in [0.05, 0.1) is 19.3 Å². The summed E-state index contributed by atoms with van der Waals surface area (Å²) >= 11 is 0. The average molecular weight is 576 g/mol. The molecule has 2 aliphatic rings. The zero-order chi connectivity index (χ0) is 30.6. The summed E-state index contributed by atoms with van der Waals surface area (Å²) in [7, 11) is 1.58. The maximum atomic E-state index is 9.55. The maximum Gasteiger partial charge on any atom is 0.328 e. The molecule has 3 rings (SSSR count). The van der Waals surface area contributed by atoms with Crippen molar-refractivity contribution in [1.29, 1.82) is 5.26 Å². The quantitative estimate of drug-likeness (QED) is 0.222.